The fraction of sp³-hybridized carbons (Fsp3) is 0.0556. The zero-order valence-electron chi connectivity index (χ0n) is 13.8. The second-order valence-corrected chi connectivity index (χ2v) is 6.11. The molecule has 142 valence electrons. The Balaban J connectivity index is 1.85. The van der Waals surface area contributed by atoms with Crippen LogP contribution in [-0.2, 0) is 6.18 Å². The maximum Gasteiger partial charge on any atom is 0.434 e. The monoisotopic (exact) mass is 408 g/mol. The van der Waals surface area contributed by atoms with E-state index in [1.807, 2.05) is 0 Å². The molecule has 1 aromatic carbocycles. The van der Waals surface area contributed by atoms with Crippen molar-refractivity contribution >= 4 is 11.6 Å². The molecule has 0 unspecified atom stereocenters. The van der Waals surface area contributed by atoms with Crippen LogP contribution >= 0.6 is 11.6 Å². The molecule has 0 saturated carbocycles. The lowest BCUT2D eigenvalue weighted by Crippen LogP contribution is -2.14. The van der Waals surface area contributed by atoms with Gasteiger partial charge in [0.1, 0.15) is 11.5 Å². The Bertz CT molecular complexity index is 1120. The number of hydrogen-bond donors (Lipinski definition) is 0. The molecule has 0 saturated heterocycles. The zero-order valence-corrected chi connectivity index (χ0v) is 14.5. The molecule has 0 atom stereocenters. The fourth-order valence-electron chi connectivity index (χ4n) is 2.74. The van der Waals surface area contributed by atoms with Crippen molar-refractivity contribution in [2.75, 3.05) is 0 Å². The Morgan fingerprint density at radius 3 is 2.57 bits per heavy atom. The molecular weight excluding hydrogens is 400 g/mol. The molecule has 3 heterocycles. The van der Waals surface area contributed by atoms with Crippen LogP contribution in [0.5, 0.6) is 0 Å². The van der Waals surface area contributed by atoms with Crippen molar-refractivity contribution in [2.24, 2.45) is 0 Å². The Labute approximate surface area is 160 Å². The summed E-state index contributed by atoms with van der Waals surface area (Å²) in [7, 11) is 0. The van der Waals surface area contributed by atoms with E-state index >= 15 is 0 Å². The van der Waals surface area contributed by atoms with Gasteiger partial charge in [0.05, 0.1) is 34.2 Å². The van der Waals surface area contributed by atoms with Crippen molar-refractivity contribution in [3.8, 4) is 28.3 Å². The van der Waals surface area contributed by atoms with Gasteiger partial charge in [0.2, 0.25) is 0 Å². The lowest BCUT2D eigenvalue weighted by atomic mass is 10.1. The van der Waals surface area contributed by atoms with E-state index in [1.165, 1.54) is 42.7 Å². The van der Waals surface area contributed by atoms with Crippen molar-refractivity contribution < 1.29 is 22.1 Å². The minimum Gasteiger partial charge on any atom is -0.356 e. The van der Waals surface area contributed by atoms with Crippen LogP contribution in [0.2, 0.25) is 5.02 Å². The molecule has 0 bridgehead atoms. The number of alkyl halides is 3. The van der Waals surface area contributed by atoms with Crippen molar-refractivity contribution in [3.63, 3.8) is 0 Å². The molecule has 28 heavy (non-hydrogen) atoms. The van der Waals surface area contributed by atoms with E-state index in [2.05, 4.69) is 15.2 Å². The molecule has 4 aromatic rings. The molecule has 0 N–H and O–H groups in total. The molecule has 0 amide bonds. The molecule has 0 fully saturated rings. The van der Waals surface area contributed by atoms with Crippen molar-refractivity contribution in [3.05, 3.63) is 71.5 Å². The molecule has 0 aliphatic heterocycles. The predicted octanol–water partition coefficient (Wildman–Crippen LogP) is 5.40. The van der Waals surface area contributed by atoms with Gasteiger partial charge in [-0.05, 0) is 24.3 Å². The summed E-state index contributed by atoms with van der Waals surface area (Å²) in [6, 6.07) is 8.12. The Morgan fingerprint density at radius 2 is 1.89 bits per heavy atom. The smallest absolute Gasteiger partial charge is 0.356 e. The maximum atomic E-state index is 14.1. The third kappa shape index (κ3) is 3.13. The molecule has 3 aromatic heterocycles. The van der Waals surface area contributed by atoms with Gasteiger partial charge in [0, 0.05) is 12.3 Å². The van der Waals surface area contributed by atoms with Crippen LogP contribution in [0.4, 0.5) is 17.6 Å². The van der Waals surface area contributed by atoms with Gasteiger partial charge in [-0.3, -0.25) is 4.98 Å². The first kappa shape index (κ1) is 18.2. The van der Waals surface area contributed by atoms with E-state index in [1.54, 1.807) is 0 Å². The molecule has 0 spiro atoms. The highest BCUT2D eigenvalue weighted by atomic mass is 35.5. The van der Waals surface area contributed by atoms with E-state index < -0.39 is 17.7 Å². The molecular formula is C18H9ClF4N4O. The van der Waals surface area contributed by atoms with Gasteiger partial charge in [-0.1, -0.05) is 22.8 Å². The van der Waals surface area contributed by atoms with Crippen LogP contribution in [0.3, 0.4) is 0 Å². The second kappa shape index (κ2) is 6.75. The minimum atomic E-state index is -4.75. The van der Waals surface area contributed by atoms with Crippen LogP contribution in [0.15, 0.2) is 59.5 Å². The van der Waals surface area contributed by atoms with E-state index in [9.17, 15) is 17.6 Å². The van der Waals surface area contributed by atoms with Crippen LogP contribution in [0.1, 0.15) is 5.69 Å². The molecule has 4 rings (SSSR count). The number of halogens is 5. The Morgan fingerprint density at radius 1 is 1.07 bits per heavy atom. The maximum absolute atomic E-state index is 14.1. The van der Waals surface area contributed by atoms with Crippen LogP contribution in [0.25, 0.3) is 28.3 Å². The average Bonchev–Trinajstić information content (AvgIpc) is 3.29. The predicted molar refractivity (Wildman–Crippen MR) is 92.3 cm³/mol. The topological polar surface area (TPSA) is 56.7 Å². The van der Waals surface area contributed by atoms with Crippen molar-refractivity contribution in [2.45, 2.75) is 6.18 Å². The van der Waals surface area contributed by atoms with Crippen LogP contribution in [0, 0.1) is 5.82 Å². The molecule has 10 heteroatoms. The quantitative estimate of drug-likeness (QED) is 0.426. The van der Waals surface area contributed by atoms with Crippen molar-refractivity contribution in [1.29, 1.82) is 0 Å². The summed E-state index contributed by atoms with van der Waals surface area (Å²) in [5.74, 6) is -0.897. The van der Waals surface area contributed by atoms with Crippen LogP contribution in [-0.4, -0.2) is 19.9 Å². The highest BCUT2D eigenvalue weighted by Gasteiger charge is 2.40. The van der Waals surface area contributed by atoms with Gasteiger partial charge >= 0.3 is 6.18 Å². The lowest BCUT2D eigenvalue weighted by molar-refractivity contribution is -0.142. The SMILES string of the molecule is Fc1cccc(Cl)c1-c1cc(-c2cnn(-c3cccnc3)c2C(F)(F)F)on1. The van der Waals surface area contributed by atoms with Gasteiger partial charge in [0.25, 0.3) is 0 Å². The first-order valence-electron chi connectivity index (χ1n) is 7.83. The highest BCUT2D eigenvalue weighted by molar-refractivity contribution is 6.33. The lowest BCUT2D eigenvalue weighted by Gasteiger charge is -2.11. The van der Waals surface area contributed by atoms with Gasteiger partial charge < -0.3 is 4.52 Å². The summed E-state index contributed by atoms with van der Waals surface area (Å²) in [4.78, 5) is 3.81. The van der Waals surface area contributed by atoms with Gasteiger partial charge in [-0.25, -0.2) is 9.07 Å². The number of rotatable bonds is 3. The fourth-order valence-corrected chi connectivity index (χ4v) is 3.00. The first-order chi connectivity index (χ1) is 13.4. The van der Waals surface area contributed by atoms with E-state index in [0.717, 1.165) is 12.3 Å². The van der Waals surface area contributed by atoms with Crippen LogP contribution < -0.4 is 0 Å². The molecule has 0 aliphatic rings. The summed E-state index contributed by atoms with van der Waals surface area (Å²) in [6.07, 6.45) is -1.06. The van der Waals surface area contributed by atoms with E-state index in [4.69, 9.17) is 16.1 Å². The summed E-state index contributed by atoms with van der Waals surface area (Å²) < 4.78 is 61.1. The zero-order chi connectivity index (χ0) is 19.9. The van der Waals surface area contributed by atoms with E-state index in [-0.39, 0.29) is 33.3 Å². The standard InChI is InChI=1S/C18H9ClF4N4O/c19-12-4-1-5-13(20)16(12)14-7-15(28-26-14)11-9-25-27(17(11)18(21,22)23)10-3-2-6-24-8-10/h1-9H. The van der Waals surface area contributed by atoms with E-state index in [0.29, 0.717) is 4.68 Å². The second-order valence-electron chi connectivity index (χ2n) is 5.70. The third-order valence-corrected chi connectivity index (χ3v) is 4.24. The highest BCUT2D eigenvalue weighted by Crippen LogP contribution is 2.40. The summed E-state index contributed by atoms with van der Waals surface area (Å²) in [6.45, 7) is 0. The number of aromatic nitrogens is 4. The molecule has 0 radical (unpaired) electrons. The summed E-state index contributed by atoms with van der Waals surface area (Å²) >= 11 is 5.98. The number of nitrogens with zero attached hydrogens (tertiary/aromatic N) is 4. The number of pyridine rings is 1. The van der Waals surface area contributed by atoms with Gasteiger partial charge in [-0.15, -0.1) is 0 Å². The van der Waals surface area contributed by atoms with Gasteiger partial charge in [0.15, 0.2) is 11.5 Å². The molecule has 0 aliphatic carbocycles. The van der Waals surface area contributed by atoms with Gasteiger partial charge in [-0.2, -0.15) is 18.3 Å². The Kier molecular flexibility index (Phi) is 4.38. The third-order valence-electron chi connectivity index (χ3n) is 3.92. The first-order valence-corrected chi connectivity index (χ1v) is 8.21. The summed E-state index contributed by atoms with van der Waals surface area (Å²) in [5, 5.41) is 7.55. The normalized spacial score (nSPS) is 11.8. The summed E-state index contributed by atoms with van der Waals surface area (Å²) in [5.41, 5.74) is -1.38. The van der Waals surface area contributed by atoms with Crippen molar-refractivity contribution in [1.82, 2.24) is 19.9 Å². The Hall–Kier alpha value is -3.20. The largest absolute Gasteiger partial charge is 0.434 e. The number of hydrogen-bond acceptors (Lipinski definition) is 4. The molecule has 5 nitrogen and oxygen atoms in total. The minimum absolute atomic E-state index is 0.0275. The number of benzene rings is 1. The average molecular weight is 409 g/mol.